The summed E-state index contributed by atoms with van der Waals surface area (Å²) < 4.78 is 0. The Morgan fingerprint density at radius 1 is 1.20 bits per heavy atom. The highest BCUT2D eigenvalue weighted by atomic mass is 35.5. The third-order valence-corrected chi connectivity index (χ3v) is 4.97. The third-order valence-electron chi connectivity index (χ3n) is 4.14. The molecule has 0 aliphatic carbocycles. The number of nitrogens with one attached hydrogen (secondary N) is 1. The lowest BCUT2D eigenvalue weighted by Crippen LogP contribution is -2.35. The van der Waals surface area contributed by atoms with Gasteiger partial charge in [0.2, 0.25) is 0 Å². The summed E-state index contributed by atoms with van der Waals surface area (Å²) in [6.07, 6.45) is 1.00. The molecule has 0 aromatic heterocycles. The lowest BCUT2D eigenvalue weighted by atomic mass is 10.0. The van der Waals surface area contributed by atoms with Crippen LogP contribution in [0.3, 0.4) is 0 Å². The molecule has 0 radical (unpaired) electrons. The maximum Gasteiger partial charge on any atom is 0.0640 e. The largest absolute Gasteiger partial charge is 0.313 e. The molecule has 2 atom stereocenters. The summed E-state index contributed by atoms with van der Waals surface area (Å²) in [5.41, 5.74) is 1.08. The minimum atomic E-state index is 0.225. The Bertz CT molecular complexity index is 421. The van der Waals surface area contributed by atoms with Crippen molar-refractivity contribution in [3.63, 3.8) is 0 Å². The van der Waals surface area contributed by atoms with Crippen LogP contribution < -0.4 is 5.32 Å². The quantitative estimate of drug-likeness (QED) is 0.789. The summed E-state index contributed by atoms with van der Waals surface area (Å²) in [4.78, 5) is 2.40. The molecule has 0 aliphatic rings. The van der Waals surface area contributed by atoms with Gasteiger partial charge in [-0.3, -0.25) is 0 Å². The van der Waals surface area contributed by atoms with Crippen molar-refractivity contribution in [2.45, 2.75) is 39.3 Å². The molecule has 0 aliphatic heterocycles. The molecule has 0 bridgehead atoms. The van der Waals surface area contributed by atoms with Gasteiger partial charge in [0.1, 0.15) is 0 Å². The molecule has 1 rings (SSSR count). The molecule has 1 aromatic carbocycles. The number of benzene rings is 1. The number of rotatable bonds is 7. The summed E-state index contributed by atoms with van der Waals surface area (Å²) in [6.45, 7) is 7.80. The van der Waals surface area contributed by atoms with Crippen molar-refractivity contribution >= 4 is 23.2 Å². The molecular weight excluding hydrogens is 291 g/mol. The maximum absolute atomic E-state index is 6.31. The Morgan fingerprint density at radius 2 is 1.85 bits per heavy atom. The van der Waals surface area contributed by atoms with Crippen LogP contribution in [0, 0.1) is 5.92 Å². The molecule has 2 unspecified atom stereocenters. The Morgan fingerprint density at radius 3 is 2.40 bits per heavy atom. The highest BCUT2D eigenvalue weighted by Crippen LogP contribution is 2.31. The summed E-state index contributed by atoms with van der Waals surface area (Å²) in [5.74, 6) is 0.655. The molecule has 4 heteroatoms. The van der Waals surface area contributed by atoms with E-state index in [2.05, 4.69) is 38.0 Å². The Balaban J connectivity index is 2.71. The normalized spacial score (nSPS) is 14.8. The molecule has 20 heavy (non-hydrogen) atoms. The first-order valence-corrected chi connectivity index (χ1v) is 7.95. The molecule has 114 valence electrons. The maximum atomic E-state index is 6.31. The lowest BCUT2D eigenvalue weighted by Gasteiger charge is -2.29. The van der Waals surface area contributed by atoms with E-state index in [1.54, 1.807) is 0 Å². The second-order valence-electron chi connectivity index (χ2n) is 5.74. The number of nitrogens with zero attached hydrogens (tertiary/aromatic N) is 1. The average molecular weight is 317 g/mol. The fourth-order valence-corrected chi connectivity index (χ4v) is 2.73. The van der Waals surface area contributed by atoms with Gasteiger partial charge in [0, 0.05) is 12.1 Å². The Kier molecular flexibility index (Phi) is 7.32. The minimum absolute atomic E-state index is 0.225. The first kappa shape index (κ1) is 17.8. The minimum Gasteiger partial charge on any atom is -0.313 e. The van der Waals surface area contributed by atoms with Gasteiger partial charge >= 0.3 is 0 Å². The van der Waals surface area contributed by atoms with Crippen molar-refractivity contribution in [2.75, 3.05) is 20.6 Å². The molecular formula is C16H26Cl2N2. The van der Waals surface area contributed by atoms with Crippen molar-refractivity contribution in [2.24, 2.45) is 5.92 Å². The second-order valence-corrected chi connectivity index (χ2v) is 6.52. The van der Waals surface area contributed by atoms with Crippen LogP contribution in [0.25, 0.3) is 0 Å². The first-order valence-electron chi connectivity index (χ1n) is 7.19. The van der Waals surface area contributed by atoms with E-state index in [9.17, 15) is 0 Å². The zero-order valence-corrected chi connectivity index (χ0v) is 14.6. The number of hydrogen-bond donors (Lipinski definition) is 1. The van der Waals surface area contributed by atoms with E-state index in [-0.39, 0.29) is 6.04 Å². The van der Waals surface area contributed by atoms with Crippen molar-refractivity contribution in [1.29, 1.82) is 0 Å². The third kappa shape index (κ3) is 4.63. The van der Waals surface area contributed by atoms with Crippen LogP contribution in [-0.2, 0) is 0 Å². The smallest absolute Gasteiger partial charge is 0.0640 e. The zero-order valence-electron chi connectivity index (χ0n) is 13.1. The fraction of sp³-hybridized carbons (Fsp3) is 0.625. The number of halogens is 2. The first-order chi connectivity index (χ1) is 9.38. The van der Waals surface area contributed by atoms with Gasteiger partial charge in [-0.15, -0.1) is 0 Å². The molecule has 0 fully saturated rings. The van der Waals surface area contributed by atoms with Gasteiger partial charge in [0.25, 0.3) is 0 Å². The summed E-state index contributed by atoms with van der Waals surface area (Å²) in [6, 6.07) is 6.62. The van der Waals surface area contributed by atoms with Gasteiger partial charge in [-0.1, -0.05) is 49.2 Å². The van der Waals surface area contributed by atoms with Crippen molar-refractivity contribution in [3.05, 3.63) is 33.8 Å². The van der Waals surface area contributed by atoms with Gasteiger partial charge in [0.15, 0.2) is 0 Å². The van der Waals surface area contributed by atoms with E-state index in [1.807, 2.05) is 25.2 Å². The van der Waals surface area contributed by atoms with Crippen LogP contribution in [0.5, 0.6) is 0 Å². The summed E-state index contributed by atoms with van der Waals surface area (Å²) in [5, 5.41) is 4.62. The van der Waals surface area contributed by atoms with Crippen molar-refractivity contribution in [1.82, 2.24) is 10.2 Å². The standard InChI is InChI=1S/C16H26Cl2N2/c1-11(2)12(3)20(5)10-9-15(19-4)13-7-6-8-14(17)16(13)18/h6-8,11-12,15,19H,9-10H2,1-5H3. The van der Waals surface area contributed by atoms with Crippen LogP contribution in [0.4, 0.5) is 0 Å². The van der Waals surface area contributed by atoms with Crippen LogP contribution in [-0.4, -0.2) is 31.6 Å². The molecule has 0 saturated heterocycles. The zero-order chi connectivity index (χ0) is 15.3. The second kappa shape index (κ2) is 8.23. The van der Waals surface area contributed by atoms with Gasteiger partial charge in [0.05, 0.1) is 10.0 Å². The number of hydrogen-bond acceptors (Lipinski definition) is 2. The van der Waals surface area contributed by atoms with Gasteiger partial charge in [-0.25, -0.2) is 0 Å². The van der Waals surface area contributed by atoms with E-state index < -0.39 is 0 Å². The topological polar surface area (TPSA) is 15.3 Å². The predicted molar refractivity (Wildman–Crippen MR) is 89.8 cm³/mol. The molecule has 2 nitrogen and oxygen atoms in total. The molecule has 0 spiro atoms. The fourth-order valence-electron chi connectivity index (χ4n) is 2.29. The van der Waals surface area contributed by atoms with E-state index in [0.29, 0.717) is 22.0 Å². The van der Waals surface area contributed by atoms with Crippen molar-refractivity contribution in [3.8, 4) is 0 Å². The molecule has 1 aromatic rings. The van der Waals surface area contributed by atoms with E-state index in [4.69, 9.17) is 23.2 Å². The SMILES string of the molecule is CNC(CCN(C)C(C)C(C)C)c1cccc(Cl)c1Cl. The van der Waals surface area contributed by atoms with Gasteiger partial charge < -0.3 is 10.2 Å². The molecule has 0 saturated carbocycles. The van der Waals surface area contributed by atoms with Crippen LogP contribution in [0.1, 0.15) is 38.8 Å². The van der Waals surface area contributed by atoms with Crippen LogP contribution in [0.2, 0.25) is 10.0 Å². The van der Waals surface area contributed by atoms with Gasteiger partial charge in [-0.05, 0) is 51.5 Å². The van der Waals surface area contributed by atoms with Gasteiger partial charge in [-0.2, -0.15) is 0 Å². The lowest BCUT2D eigenvalue weighted by molar-refractivity contribution is 0.199. The average Bonchev–Trinajstić information content (AvgIpc) is 2.42. The summed E-state index contributed by atoms with van der Waals surface area (Å²) in [7, 11) is 4.14. The van der Waals surface area contributed by atoms with E-state index >= 15 is 0 Å². The Labute approximate surface area is 133 Å². The Hall–Kier alpha value is -0.280. The van der Waals surface area contributed by atoms with Crippen LogP contribution in [0.15, 0.2) is 18.2 Å². The van der Waals surface area contributed by atoms with E-state index in [1.165, 1.54) is 0 Å². The predicted octanol–water partition coefficient (Wildman–Crippen LogP) is 4.62. The van der Waals surface area contributed by atoms with Crippen LogP contribution >= 0.6 is 23.2 Å². The van der Waals surface area contributed by atoms with E-state index in [0.717, 1.165) is 18.5 Å². The molecule has 0 amide bonds. The molecule has 0 heterocycles. The summed E-state index contributed by atoms with van der Waals surface area (Å²) >= 11 is 12.4. The highest BCUT2D eigenvalue weighted by Gasteiger charge is 2.18. The monoisotopic (exact) mass is 316 g/mol. The molecule has 1 N–H and O–H groups in total. The highest BCUT2D eigenvalue weighted by molar-refractivity contribution is 6.42. The van der Waals surface area contributed by atoms with Crippen molar-refractivity contribution < 1.29 is 0 Å².